The molecule has 0 aliphatic heterocycles. The van der Waals surface area contributed by atoms with Crippen molar-refractivity contribution in [3.05, 3.63) is 67.5 Å². The summed E-state index contributed by atoms with van der Waals surface area (Å²) in [5.41, 5.74) is 2.65. The van der Waals surface area contributed by atoms with Crippen molar-refractivity contribution in [3.8, 4) is 6.07 Å². The van der Waals surface area contributed by atoms with Gasteiger partial charge in [0.15, 0.2) is 0 Å². The van der Waals surface area contributed by atoms with E-state index in [-0.39, 0.29) is 5.56 Å². The Labute approximate surface area is 113 Å². The number of nitrogens with one attached hydrogen (secondary N) is 1. The maximum atomic E-state index is 11.8. The SMILES string of the molecule is Cc1[nH]c(=O)c(Cc2ccc(Br)cc2)cc1C#N. The average molecular weight is 303 g/mol. The molecule has 0 aliphatic carbocycles. The number of aryl methyl sites for hydroxylation is 1. The molecule has 1 aromatic heterocycles. The molecule has 0 bridgehead atoms. The Balaban J connectivity index is 2.38. The van der Waals surface area contributed by atoms with Gasteiger partial charge in [-0.15, -0.1) is 0 Å². The molecule has 3 nitrogen and oxygen atoms in total. The third kappa shape index (κ3) is 2.69. The van der Waals surface area contributed by atoms with E-state index in [4.69, 9.17) is 5.26 Å². The molecule has 1 aromatic carbocycles. The molecular formula is C14H11BrN2O. The van der Waals surface area contributed by atoms with Crippen molar-refractivity contribution in [1.82, 2.24) is 4.98 Å². The normalized spacial score (nSPS) is 10.1. The van der Waals surface area contributed by atoms with E-state index in [2.05, 4.69) is 27.0 Å². The first-order valence-corrected chi connectivity index (χ1v) is 6.27. The molecule has 2 aromatic rings. The lowest BCUT2D eigenvalue weighted by atomic mass is 10.0. The molecule has 18 heavy (non-hydrogen) atoms. The van der Waals surface area contributed by atoms with Gasteiger partial charge in [0.05, 0.1) is 5.56 Å². The summed E-state index contributed by atoms with van der Waals surface area (Å²) < 4.78 is 1.00. The standard InChI is InChI=1S/C14H11BrN2O/c1-9-12(8-16)7-11(14(18)17-9)6-10-2-4-13(15)5-3-10/h2-5,7H,6H2,1H3,(H,17,18). The molecule has 0 spiro atoms. The van der Waals surface area contributed by atoms with Crippen LogP contribution in [0.5, 0.6) is 0 Å². The molecule has 0 unspecified atom stereocenters. The maximum absolute atomic E-state index is 11.8. The summed E-state index contributed by atoms with van der Waals surface area (Å²) >= 11 is 3.37. The van der Waals surface area contributed by atoms with Crippen LogP contribution in [0, 0.1) is 18.3 Å². The Bertz CT molecular complexity index is 666. The minimum atomic E-state index is -0.130. The maximum Gasteiger partial charge on any atom is 0.251 e. The van der Waals surface area contributed by atoms with Crippen molar-refractivity contribution < 1.29 is 0 Å². The zero-order valence-electron chi connectivity index (χ0n) is 9.83. The molecule has 0 atom stereocenters. The Morgan fingerprint density at radius 1 is 1.33 bits per heavy atom. The largest absolute Gasteiger partial charge is 0.325 e. The van der Waals surface area contributed by atoms with E-state index in [1.165, 1.54) is 0 Å². The summed E-state index contributed by atoms with van der Waals surface area (Å²) in [7, 11) is 0. The third-order valence-electron chi connectivity index (χ3n) is 2.74. The summed E-state index contributed by atoms with van der Waals surface area (Å²) in [5.74, 6) is 0. The minimum absolute atomic E-state index is 0.130. The zero-order valence-corrected chi connectivity index (χ0v) is 11.4. The summed E-state index contributed by atoms with van der Waals surface area (Å²) in [6.07, 6.45) is 0.525. The van der Waals surface area contributed by atoms with Crippen LogP contribution >= 0.6 is 15.9 Å². The third-order valence-corrected chi connectivity index (χ3v) is 3.27. The highest BCUT2D eigenvalue weighted by atomic mass is 79.9. The van der Waals surface area contributed by atoms with Crippen molar-refractivity contribution in [2.75, 3.05) is 0 Å². The molecule has 90 valence electrons. The van der Waals surface area contributed by atoms with E-state index in [0.717, 1.165) is 10.0 Å². The molecular weight excluding hydrogens is 292 g/mol. The van der Waals surface area contributed by atoms with E-state index < -0.39 is 0 Å². The first-order valence-electron chi connectivity index (χ1n) is 5.47. The molecule has 0 fully saturated rings. The van der Waals surface area contributed by atoms with Crippen molar-refractivity contribution in [3.63, 3.8) is 0 Å². The van der Waals surface area contributed by atoms with Gasteiger partial charge >= 0.3 is 0 Å². The summed E-state index contributed by atoms with van der Waals surface area (Å²) in [5, 5.41) is 8.96. The first kappa shape index (κ1) is 12.6. The van der Waals surface area contributed by atoms with Crippen LogP contribution < -0.4 is 5.56 Å². The molecule has 1 heterocycles. The van der Waals surface area contributed by atoms with Gasteiger partial charge in [-0.05, 0) is 30.7 Å². The van der Waals surface area contributed by atoms with E-state index in [1.807, 2.05) is 24.3 Å². The average Bonchev–Trinajstić information content (AvgIpc) is 2.35. The van der Waals surface area contributed by atoms with Gasteiger partial charge < -0.3 is 4.98 Å². The van der Waals surface area contributed by atoms with Gasteiger partial charge in [-0.3, -0.25) is 4.79 Å². The molecule has 0 saturated heterocycles. The number of rotatable bonds is 2. The number of halogens is 1. The molecule has 1 N–H and O–H groups in total. The second-order valence-corrected chi connectivity index (χ2v) is 4.99. The monoisotopic (exact) mass is 302 g/mol. The van der Waals surface area contributed by atoms with Crippen LogP contribution in [0.4, 0.5) is 0 Å². The Hall–Kier alpha value is -1.86. The number of aromatic nitrogens is 1. The minimum Gasteiger partial charge on any atom is -0.325 e. The van der Waals surface area contributed by atoms with Crippen LogP contribution in [0.1, 0.15) is 22.4 Å². The van der Waals surface area contributed by atoms with E-state index in [0.29, 0.717) is 23.2 Å². The van der Waals surface area contributed by atoms with Crippen LogP contribution in [-0.4, -0.2) is 4.98 Å². The number of hydrogen-bond acceptors (Lipinski definition) is 2. The van der Waals surface area contributed by atoms with E-state index in [9.17, 15) is 4.79 Å². The van der Waals surface area contributed by atoms with Crippen LogP contribution in [0.25, 0.3) is 0 Å². The summed E-state index contributed by atoms with van der Waals surface area (Å²) in [6.45, 7) is 1.73. The van der Waals surface area contributed by atoms with Crippen molar-refractivity contribution in [2.24, 2.45) is 0 Å². The Morgan fingerprint density at radius 3 is 2.61 bits per heavy atom. The predicted molar refractivity (Wildman–Crippen MR) is 73.5 cm³/mol. The fourth-order valence-corrected chi connectivity index (χ4v) is 2.00. The van der Waals surface area contributed by atoms with Gasteiger partial charge in [0.2, 0.25) is 0 Å². The number of pyridine rings is 1. The van der Waals surface area contributed by atoms with Crippen LogP contribution in [0.2, 0.25) is 0 Å². The lowest BCUT2D eigenvalue weighted by Crippen LogP contribution is -2.15. The van der Waals surface area contributed by atoms with Gasteiger partial charge in [-0.25, -0.2) is 0 Å². The number of benzene rings is 1. The van der Waals surface area contributed by atoms with Crippen LogP contribution in [0.15, 0.2) is 39.6 Å². The quantitative estimate of drug-likeness (QED) is 0.927. The van der Waals surface area contributed by atoms with Crippen LogP contribution in [-0.2, 0) is 6.42 Å². The Kier molecular flexibility index (Phi) is 3.63. The van der Waals surface area contributed by atoms with Gasteiger partial charge in [0.25, 0.3) is 5.56 Å². The highest BCUT2D eigenvalue weighted by Gasteiger charge is 2.06. The number of hydrogen-bond donors (Lipinski definition) is 1. The summed E-state index contributed by atoms with van der Waals surface area (Å²) in [4.78, 5) is 14.5. The molecule has 0 saturated carbocycles. The van der Waals surface area contributed by atoms with Gasteiger partial charge in [0, 0.05) is 22.2 Å². The highest BCUT2D eigenvalue weighted by Crippen LogP contribution is 2.13. The van der Waals surface area contributed by atoms with E-state index >= 15 is 0 Å². The molecule has 0 radical (unpaired) electrons. The molecule has 0 aliphatic rings. The smallest absolute Gasteiger partial charge is 0.251 e. The first-order chi connectivity index (χ1) is 8.60. The molecule has 4 heteroatoms. The highest BCUT2D eigenvalue weighted by molar-refractivity contribution is 9.10. The van der Waals surface area contributed by atoms with Gasteiger partial charge in [0.1, 0.15) is 6.07 Å². The second-order valence-electron chi connectivity index (χ2n) is 4.08. The number of aromatic amines is 1. The van der Waals surface area contributed by atoms with Crippen molar-refractivity contribution >= 4 is 15.9 Å². The van der Waals surface area contributed by atoms with Crippen LogP contribution in [0.3, 0.4) is 0 Å². The number of nitriles is 1. The van der Waals surface area contributed by atoms with Crippen molar-refractivity contribution in [1.29, 1.82) is 5.26 Å². The number of H-pyrrole nitrogens is 1. The van der Waals surface area contributed by atoms with Gasteiger partial charge in [-0.2, -0.15) is 5.26 Å². The predicted octanol–water partition coefficient (Wildman–Crippen LogP) is 2.91. The summed E-state index contributed by atoms with van der Waals surface area (Å²) in [6, 6.07) is 11.5. The lowest BCUT2D eigenvalue weighted by Gasteiger charge is -2.04. The fourth-order valence-electron chi connectivity index (χ4n) is 1.74. The Morgan fingerprint density at radius 2 is 2.00 bits per heavy atom. The second kappa shape index (κ2) is 5.19. The fraction of sp³-hybridized carbons (Fsp3) is 0.143. The zero-order chi connectivity index (χ0) is 13.1. The molecule has 0 amide bonds. The van der Waals surface area contributed by atoms with Gasteiger partial charge in [-0.1, -0.05) is 28.1 Å². The van der Waals surface area contributed by atoms with Crippen molar-refractivity contribution in [2.45, 2.75) is 13.3 Å². The topological polar surface area (TPSA) is 56.6 Å². The van der Waals surface area contributed by atoms with E-state index in [1.54, 1.807) is 13.0 Å². The molecule has 2 rings (SSSR count). The number of nitrogens with zero attached hydrogens (tertiary/aromatic N) is 1. The lowest BCUT2D eigenvalue weighted by molar-refractivity contribution is 1.05.